The number of thioether (sulfide) groups is 1. The third-order valence-corrected chi connectivity index (χ3v) is 6.39. The summed E-state index contributed by atoms with van der Waals surface area (Å²) in [7, 11) is 2.09. The van der Waals surface area contributed by atoms with Crippen molar-refractivity contribution in [3.8, 4) is 22.5 Å². The summed E-state index contributed by atoms with van der Waals surface area (Å²) in [5.41, 5.74) is 5.14. The van der Waals surface area contributed by atoms with Crippen molar-refractivity contribution in [3.63, 3.8) is 0 Å². The van der Waals surface area contributed by atoms with Crippen LogP contribution in [0.2, 0.25) is 0 Å². The van der Waals surface area contributed by atoms with Gasteiger partial charge in [0.2, 0.25) is 0 Å². The largest absolute Gasteiger partial charge is 0.352 e. The van der Waals surface area contributed by atoms with Crippen molar-refractivity contribution in [2.75, 3.05) is 12.3 Å². The first-order valence-electron chi connectivity index (χ1n) is 10.9. The monoisotopic (exact) mass is 441 g/mol. The molecule has 4 aromatic rings. The quantitative estimate of drug-likeness (QED) is 0.254. The van der Waals surface area contributed by atoms with E-state index in [1.165, 1.54) is 0 Å². The van der Waals surface area contributed by atoms with E-state index in [0.29, 0.717) is 12.1 Å². The van der Waals surface area contributed by atoms with Gasteiger partial charge < -0.3 is 9.88 Å². The number of imidazole rings is 1. The Morgan fingerprint density at radius 2 is 1.44 bits per heavy atom. The standard InChI is InChI=1S/C27H27N3OS/c1-30-25(22-15-7-3-8-16-22)24(21-13-5-2-6-14-21)29-27(30)32-20-12-11-19-28-26(31)23-17-9-4-10-18-23/h2-10,13-18H,11-12,19-20H2,1H3,(H,28,31). The van der Waals surface area contributed by atoms with Crippen LogP contribution in [0.25, 0.3) is 22.5 Å². The fourth-order valence-electron chi connectivity index (χ4n) is 3.61. The Balaban J connectivity index is 1.38. The molecular weight excluding hydrogens is 414 g/mol. The van der Waals surface area contributed by atoms with E-state index >= 15 is 0 Å². The minimum Gasteiger partial charge on any atom is -0.352 e. The van der Waals surface area contributed by atoms with E-state index in [-0.39, 0.29) is 5.91 Å². The van der Waals surface area contributed by atoms with E-state index in [1.54, 1.807) is 11.8 Å². The molecule has 1 amide bonds. The molecule has 0 aliphatic heterocycles. The van der Waals surface area contributed by atoms with Crippen LogP contribution in [0.3, 0.4) is 0 Å². The fraction of sp³-hybridized carbons (Fsp3) is 0.185. The van der Waals surface area contributed by atoms with Crippen LogP contribution < -0.4 is 5.32 Å². The van der Waals surface area contributed by atoms with Gasteiger partial charge in [0.1, 0.15) is 0 Å². The molecule has 0 saturated heterocycles. The van der Waals surface area contributed by atoms with Gasteiger partial charge >= 0.3 is 0 Å². The minimum atomic E-state index is -0.0117. The van der Waals surface area contributed by atoms with Gasteiger partial charge in [-0.3, -0.25) is 4.79 Å². The van der Waals surface area contributed by atoms with Crippen molar-refractivity contribution in [1.82, 2.24) is 14.9 Å². The van der Waals surface area contributed by atoms with Gasteiger partial charge in [-0.1, -0.05) is 90.6 Å². The molecule has 1 aromatic heterocycles. The first kappa shape index (κ1) is 21.9. The lowest BCUT2D eigenvalue weighted by atomic mass is 10.1. The molecule has 0 bridgehead atoms. The van der Waals surface area contributed by atoms with Crippen molar-refractivity contribution in [2.24, 2.45) is 7.05 Å². The van der Waals surface area contributed by atoms with Gasteiger partial charge in [-0.05, 0) is 25.0 Å². The lowest BCUT2D eigenvalue weighted by molar-refractivity contribution is 0.0953. The number of amides is 1. The van der Waals surface area contributed by atoms with Crippen LogP contribution in [0.1, 0.15) is 23.2 Å². The summed E-state index contributed by atoms with van der Waals surface area (Å²) in [6.07, 6.45) is 1.95. The zero-order chi connectivity index (χ0) is 22.2. The molecule has 162 valence electrons. The van der Waals surface area contributed by atoms with Crippen LogP contribution in [0.4, 0.5) is 0 Å². The molecule has 0 saturated carbocycles. The van der Waals surface area contributed by atoms with Crippen LogP contribution in [0.15, 0.2) is 96.2 Å². The molecule has 0 fully saturated rings. The number of carbonyl (C=O) groups is 1. The van der Waals surface area contributed by atoms with Crippen molar-refractivity contribution in [3.05, 3.63) is 96.6 Å². The van der Waals surface area contributed by atoms with Crippen molar-refractivity contribution < 1.29 is 4.79 Å². The highest BCUT2D eigenvalue weighted by atomic mass is 32.2. The van der Waals surface area contributed by atoms with E-state index in [4.69, 9.17) is 4.98 Å². The highest BCUT2D eigenvalue weighted by Gasteiger charge is 2.17. The zero-order valence-corrected chi connectivity index (χ0v) is 19.0. The number of hydrogen-bond donors (Lipinski definition) is 1. The number of nitrogens with zero attached hydrogens (tertiary/aromatic N) is 2. The van der Waals surface area contributed by atoms with Gasteiger partial charge in [0.05, 0.1) is 11.4 Å². The van der Waals surface area contributed by atoms with Gasteiger partial charge in [-0.2, -0.15) is 0 Å². The molecular formula is C27H27N3OS. The molecule has 32 heavy (non-hydrogen) atoms. The molecule has 0 unspecified atom stereocenters. The Hall–Kier alpha value is -3.31. The third kappa shape index (κ3) is 5.29. The Morgan fingerprint density at radius 1 is 0.844 bits per heavy atom. The SMILES string of the molecule is Cn1c(SCCCCNC(=O)c2ccccc2)nc(-c2ccccc2)c1-c1ccccc1. The Morgan fingerprint density at radius 3 is 2.09 bits per heavy atom. The van der Waals surface area contributed by atoms with E-state index < -0.39 is 0 Å². The number of unbranched alkanes of at least 4 members (excludes halogenated alkanes) is 1. The second-order valence-corrected chi connectivity index (χ2v) is 8.62. The van der Waals surface area contributed by atoms with E-state index in [1.807, 2.05) is 42.5 Å². The van der Waals surface area contributed by atoms with Crippen LogP contribution in [-0.4, -0.2) is 27.8 Å². The van der Waals surface area contributed by atoms with Crippen molar-refractivity contribution in [1.29, 1.82) is 0 Å². The number of aromatic nitrogens is 2. The average molecular weight is 442 g/mol. The summed E-state index contributed by atoms with van der Waals surface area (Å²) in [5, 5.41) is 4.01. The predicted molar refractivity (Wildman–Crippen MR) is 133 cm³/mol. The maximum atomic E-state index is 12.1. The molecule has 5 heteroatoms. The summed E-state index contributed by atoms with van der Waals surface area (Å²) in [6.45, 7) is 0.680. The van der Waals surface area contributed by atoms with Gasteiger partial charge in [0.25, 0.3) is 5.91 Å². The van der Waals surface area contributed by atoms with Gasteiger partial charge in [0, 0.05) is 36.0 Å². The lowest BCUT2D eigenvalue weighted by Gasteiger charge is -2.08. The predicted octanol–water partition coefficient (Wildman–Crippen LogP) is 6.06. The molecule has 4 rings (SSSR count). The summed E-state index contributed by atoms with van der Waals surface area (Å²) in [4.78, 5) is 17.1. The van der Waals surface area contributed by atoms with Crippen LogP contribution in [0, 0.1) is 0 Å². The van der Waals surface area contributed by atoms with E-state index in [2.05, 4.69) is 65.5 Å². The maximum absolute atomic E-state index is 12.1. The van der Waals surface area contributed by atoms with Crippen LogP contribution in [0.5, 0.6) is 0 Å². The molecule has 0 aliphatic rings. The molecule has 0 spiro atoms. The topological polar surface area (TPSA) is 46.9 Å². The first-order valence-corrected chi connectivity index (χ1v) is 11.9. The van der Waals surface area contributed by atoms with Gasteiger partial charge in [0.15, 0.2) is 5.16 Å². The summed E-state index contributed by atoms with van der Waals surface area (Å²) >= 11 is 1.77. The second-order valence-electron chi connectivity index (χ2n) is 7.56. The van der Waals surface area contributed by atoms with Crippen LogP contribution >= 0.6 is 11.8 Å². The molecule has 0 aliphatic carbocycles. The first-order chi connectivity index (χ1) is 15.7. The van der Waals surface area contributed by atoms with Crippen molar-refractivity contribution >= 4 is 17.7 Å². The highest BCUT2D eigenvalue weighted by molar-refractivity contribution is 7.99. The number of benzene rings is 3. The summed E-state index contributed by atoms with van der Waals surface area (Å²) in [6, 6.07) is 30.1. The number of nitrogens with one attached hydrogen (secondary N) is 1. The number of hydrogen-bond acceptors (Lipinski definition) is 3. The highest BCUT2D eigenvalue weighted by Crippen LogP contribution is 2.35. The zero-order valence-electron chi connectivity index (χ0n) is 18.2. The Bertz CT molecular complexity index is 1140. The smallest absolute Gasteiger partial charge is 0.251 e. The Kier molecular flexibility index (Phi) is 7.41. The second kappa shape index (κ2) is 10.8. The molecule has 1 heterocycles. The lowest BCUT2D eigenvalue weighted by Crippen LogP contribution is -2.24. The molecule has 1 N–H and O–H groups in total. The normalized spacial score (nSPS) is 10.8. The van der Waals surface area contributed by atoms with Gasteiger partial charge in [-0.15, -0.1) is 0 Å². The van der Waals surface area contributed by atoms with Gasteiger partial charge in [-0.25, -0.2) is 4.98 Å². The minimum absolute atomic E-state index is 0.0117. The van der Waals surface area contributed by atoms with Crippen LogP contribution in [-0.2, 0) is 7.05 Å². The third-order valence-electron chi connectivity index (χ3n) is 5.27. The number of rotatable bonds is 9. The summed E-state index contributed by atoms with van der Waals surface area (Å²) < 4.78 is 2.19. The average Bonchev–Trinajstić information content (AvgIpc) is 3.18. The molecule has 3 aromatic carbocycles. The molecule has 4 nitrogen and oxygen atoms in total. The Labute approximate surface area is 193 Å². The van der Waals surface area contributed by atoms with Crippen molar-refractivity contribution in [2.45, 2.75) is 18.0 Å². The fourth-order valence-corrected chi connectivity index (χ4v) is 4.59. The molecule has 0 radical (unpaired) electrons. The van der Waals surface area contributed by atoms with E-state index in [9.17, 15) is 4.79 Å². The van der Waals surface area contributed by atoms with E-state index in [0.717, 1.165) is 46.3 Å². The summed E-state index contributed by atoms with van der Waals surface area (Å²) in [5.74, 6) is 0.941. The maximum Gasteiger partial charge on any atom is 0.251 e. The number of carbonyl (C=O) groups excluding carboxylic acids is 1. The molecule has 0 atom stereocenters.